The van der Waals surface area contributed by atoms with E-state index in [0.29, 0.717) is 6.61 Å². The summed E-state index contributed by atoms with van der Waals surface area (Å²) in [4.78, 5) is 12.0. The predicted molar refractivity (Wildman–Crippen MR) is 61.2 cm³/mol. The van der Waals surface area contributed by atoms with Gasteiger partial charge < -0.3 is 9.47 Å². The van der Waals surface area contributed by atoms with E-state index in [-0.39, 0.29) is 11.6 Å². The highest BCUT2D eigenvalue weighted by Crippen LogP contribution is 2.57. The monoisotopic (exact) mass is 226 g/mol. The number of carbonyl (C=O) groups is 1. The van der Waals surface area contributed by atoms with Crippen LogP contribution in [0.5, 0.6) is 0 Å². The van der Waals surface area contributed by atoms with E-state index in [1.54, 1.807) is 0 Å². The number of hydrogen-bond donors (Lipinski definition) is 0. The van der Waals surface area contributed by atoms with E-state index in [4.69, 9.17) is 9.47 Å². The molecule has 2 aliphatic rings. The zero-order valence-corrected chi connectivity index (χ0v) is 10.4. The molecule has 3 heteroatoms. The van der Waals surface area contributed by atoms with Crippen LogP contribution in [0.25, 0.3) is 0 Å². The van der Waals surface area contributed by atoms with E-state index < -0.39 is 5.60 Å². The lowest BCUT2D eigenvalue weighted by atomic mass is 9.80. The number of esters is 1. The fraction of sp³-hybridized carbons (Fsp3) is 0.923. The van der Waals surface area contributed by atoms with Gasteiger partial charge in [-0.25, -0.2) is 4.79 Å². The van der Waals surface area contributed by atoms with Crippen molar-refractivity contribution in [2.75, 3.05) is 6.61 Å². The first kappa shape index (κ1) is 11.9. The fourth-order valence-electron chi connectivity index (χ4n) is 2.76. The second kappa shape index (κ2) is 4.36. The molecule has 2 rings (SSSR count). The highest BCUT2D eigenvalue weighted by molar-refractivity contribution is 5.85. The van der Waals surface area contributed by atoms with Gasteiger partial charge in [0.25, 0.3) is 0 Å². The number of ether oxygens (including phenoxy) is 2. The summed E-state index contributed by atoms with van der Waals surface area (Å²) in [5.74, 6) is -0.120. The largest absolute Gasteiger partial charge is 0.463 e. The molecule has 1 aliphatic heterocycles. The summed E-state index contributed by atoms with van der Waals surface area (Å²) in [6.07, 6.45) is 7.33. The predicted octanol–water partition coefficient (Wildman–Crippen LogP) is 2.82. The van der Waals surface area contributed by atoms with Gasteiger partial charge in [0.15, 0.2) is 5.60 Å². The van der Waals surface area contributed by atoms with Gasteiger partial charge in [-0.15, -0.1) is 0 Å². The van der Waals surface area contributed by atoms with Gasteiger partial charge in [0.05, 0.1) is 6.61 Å². The number of unbranched alkanes of at least 4 members (excludes halogenated alkanes) is 2. The minimum absolute atomic E-state index is 0.120. The highest BCUT2D eigenvalue weighted by Gasteiger charge is 2.73. The van der Waals surface area contributed by atoms with Crippen molar-refractivity contribution in [3.63, 3.8) is 0 Å². The molecule has 0 bridgehead atoms. The van der Waals surface area contributed by atoms with Crippen LogP contribution in [-0.4, -0.2) is 23.8 Å². The lowest BCUT2D eigenvalue weighted by Crippen LogP contribution is -2.37. The van der Waals surface area contributed by atoms with Gasteiger partial charge >= 0.3 is 5.97 Å². The average Bonchev–Trinajstić information content (AvgIpc) is 2.92. The standard InChI is InChI=1S/C13H22O3/c1-3-4-7-10-15-11(14)13-9-6-5-8-12(13,2)16-13/h3-10H2,1-2H3. The summed E-state index contributed by atoms with van der Waals surface area (Å²) in [7, 11) is 0. The van der Waals surface area contributed by atoms with Crippen molar-refractivity contribution in [1.29, 1.82) is 0 Å². The molecule has 0 amide bonds. The van der Waals surface area contributed by atoms with Crippen molar-refractivity contribution in [3.05, 3.63) is 0 Å². The van der Waals surface area contributed by atoms with Crippen LogP contribution < -0.4 is 0 Å². The van der Waals surface area contributed by atoms with Crippen LogP contribution in [0.2, 0.25) is 0 Å². The van der Waals surface area contributed by atoms with Crippen LogP contribution in [0.15, 0.2) is 0 Å². The Kier molecular flexibility index (Phi) is 3.24. The van der Waals surface area contributed by atoms with Crippen molar-refractivity contribution in [2.45, 2.75) is 70.0 Å². The molecule has 2 atom stereocenters. The van der Waals surface area contributed by atoms with E-state index in [1.807, 2.05) is 6.92 Å². The van der Waals surface area contributed by atoms with Gasteiger partial charge in [0, 0.05) is 0 Å². The quantitative estimate of drug-likeness (QED) is 0.411. The van der Waals surface area contributed by atoms with Crippen molar-refractivity contribution in [1.82, 2.24) is 0 Å². The Hall–Kier alpha value is -0.570. The summed E-state index contributed by atoms with van der Waals surface area (Å²) in [6, 6.07) is 0. The highest BCUT2D eigenvalue weighted by atomic mass is 16.7. The van der Waals surface area contributed by atoms with E-state index in [0.717, 1.165) is 38.5 Å². The third-order valence-corrected chi connectivity index (χ3v) is 3.96. The topological polar surface area (TPSA) is 38.8 Å². The molecular weight excluding hydrogens is 204 g/mol. The molecule has 1 saturated heterocycles. The van der Waals surface area contributed by atoms with Gasteiger partial charge in [-0.3, -0.25) is 0 Å². The Morgan fingerprint density at radius 3 is 2.75 bits per heavy atom. The summed E-state index contributed by atoms with van der Waals surface area (Å²) in [6.45, 7) is 4.73. The molecule has 1 saturated carbocycles. The van der Waals surface area contributed by atoms with Gasteiger partial charge in [-0.1, -0.05) is 26.2 Å². The summed E-state index contributed by atoms with van der Waals surface area (Å²) in [5, 5.41) is 0. The number of fused-ring (bicyclic) bond motifs is 1. The van der Waals surface area contributed by atoms with Gasteiger partial charge in [0.2, 0.25) is 0 Å². The van der Waals surface area contributed by atoms with Gasteiger partial charge in [-0.05, 0) is 32.6 Å². The van der Waals surface area contributed by atoms with Crippen LogP contribution >= 0.6 is 0 Å². The average molecular weight is 226 g/mol. The summed E-state index contributed by atoms with van der Waals surface area (Å²) < 4.78 is 11.0. The molecule has 0 aromatic heterocycles. The van der Waals surface area contributed by atoms with E-state index in [9.17, 15) is 4.79 Å². The Morgan fingerprint density at radius 1 is 1.31 bits per heavy atom. The molecule has 1 heterocycles. The van der Waals surface area contributed by atoms with Crippen molar-refractivity contribution in [2.24, 2.45) is 0 Å². The molecule has 0 aromatic rings. The van der Waals surface area contributed by atoms with Crippen molar-refractivity contribution in [3.8, 4) is 0 Å². The summed E-state index contributed by atoms with van der Waals surface area (Å²) >= 11 is 0. The SMILES string of the molecule is CCCCCOC(=O)C12CCCCC1(C)O2. The molecule has 0 aromatic carbocycles. The Morgan fingerprint density at radius 2 is 2.06 bits per heavy atom. The number of epoxide rings is 1. The lowest BCUT2D eigenvalue weighted by molar-refractivity contribution is -0.150. The zero-order valence-electron chi connectivity index (χ0n) is 10.4. The first-order valence-corrected chi connectivity index (χ1v) is 6.52. The van der Waals surface area contributed by atoms with Crippen LogP contribution in [0.1, 0.15) is 58.8 Å². The second-order valence-electron chi connectivity index (χ2n) is 5.21. The maximum Gasteiger partial charge on any atom is 0.341 e. The van der Waals surface area contributed by atoms with Crippen LogP contribution in [0, 0.1) is 0 Å². The fourth-order valence-corrected chi connectivity index (χ4v) is 2.76. The molecule has 1 aliphatic carbocycles. The number of hydrogen-bond acceptors (Lipinski definition) is 3. The molecule has 0 N–H and O–H groups in total. The Bertz CT molecular complexity index is 272. The number of rotatable bonds is 5. The first-order chi connectivity index (χ1) is 7.65. The van der Waals surface area contributed by atoms with Crippen LogP contribution in [0.3, 0.4) is 0 Å². The molecule has 2 unspecified atom stereocenters. The van der Waals surface area contributed by atoms with Crippen molar-refractivity contribution < 1.29 is 14.3 Å². The first-order valence-electron chi connectivity index (χ1n) is 6.52. The van der Waals surface area contributed by atoms with E-state index in [1.165, 1.54) is 6.42 Å². The lowest BCUT2D eigenvalue weighted by Gasteiger charge is -2.20. The normalized spacial score (nSPS) is 36.6. The molecule has 0 radical (unpaired) electrons. The minimum Gasteiger partial charge on any atom is -0.463 e. The smallest absolute Gasteiger partial charge is 0.341 e. The van der Waals surface area contributed by atoms with Gasteiger partial charge in [0.1, 0.15) is 5.60 Å². The maximum atomic E-state index is 12.0. The maximum absolute atomic E-state index is 12.0. The van der Waals surface area contributed by atoms with E-state index >= 15 is 0 Å². The van der Waals surface area contributed by atoms with Crippen LogP contribution in [-0.2, 0) is 14.3 Å². The van der Waals surface area contributed by atoms with E-state index in [2.05, 4.69) is 6.92 Å². The third-order valence-electron chi connectivity index (χ3n) is 3.96. The molecule has 0 spiro atoms. The molecule has 92 valence electrons. The van der Waals surface area contributed by atoms with Crippen molar-refractivity contribution >= 4 is 5.97 Å². The summed E-state index contributed by atoms with van der Waals surface area (Å²) in [5.41, 5.74) is -0.787. The minimum atomic E-state index is -0.572. The zero-order chi connectivity index (χ0) is 11.6. The number of carbonyl (C=O) groups excluding carboxylic acids is 1. The molecule has 16 heavy (non-hydrogen) atoms. The second-order valence-corrected chi connectivity index (χ2v) is 5.21. The Labute approximate surface area is 97.5 Å². The molecule has 2 fully saturated rings. The third kappa shape index (κ3) is 1.86. The molecular formula is C13H22O3. The molecule has 3 nitrogen and oxygen atoms in total. The Balaban J connectivity index is 1.81. The van der Waals surface area contributed by atoms with Crippen LogP contribution in [0.4, 0.5) is 0 Å². The van der Waals surface area contributed by atoms with Gasteiger partial charge in [-0.2, -0.15) is 0 Å².